The summed E-state index contributed by atoms with van der Waals surface area (Å²) in [5, 5.41) is 4.25. The van der Waals surface area contributed by atoms with Crippen LogP contribution in [0.15, 0.2) is 34.9 Å². The zero-order valence-corrected chi connectivity index (χ0v) is 13.0. The van der Waals surface area contributed by atoms with E-state index in [0.717, 1.165) is 40.6 Å². The Kier molecular flexibility index (Phi) is 4.51. The van der Waals surface area contributed by atoms with Crippen LogP contribution in [0.5, 0.6) is 5.75 Å². The van der Waals surface area contributed by atoms with Crippen molar-refractivity contribution < 1.29 is 9.15 Å². The summed E-state index contributed by atoms with van der Waals surface area (Å²) in [6, 6.07) is 8.45. The highest BCUT2D eigenvalue weighted by Gasteiger charge is 2.21. The van der Waals surface area contributed by atoms with Gasteiger partial charge in [-0.25, -0.2) is 0 Å². The molecule has 112 valence electrons. The van der Waals surface area contributed by atoms with Crippen LogP contribution in [0.25, 0.3) is 0 Å². The third-order valence-electron chi connectivity index (χ3n) is 3.76. The molecule has 0 unspecified atom stereocenters. The van der Waals surface area contributed by atoms with Crippen molar-refractivity contribution in [1.29, 1.82) is 0 Å². The molecule has 2 aromatic rings. The van der Waals surface area contributed by atoms with Crippen molar-refractivity contribution in [2.24, 2.45) is 0 Å². The van der Waals surface area contributed by atoms with Gasteiger partial charge in [0.1, 0.15) is 18.1 Å². The van der Waals surface area contributed by atoms with Crippen LogP contribution < -0.4 is 10.1 Å². The van der Waals surface area contributed by atoms with E-state index in [1.54, 1.807) is 6.26 Å². The largest absolute Gasteiger partial charge is 0.489 e. The van der Waals surface area contributed by atoms with E-state index >= 15 is 0 Å². The highest BCUT2D eigenvalue weighted by atomic mass is 35.5. The van der Waals surface area contributed by atoms with Crippen molar-refractivity contribution in [3.8, 4) is 5.75 Å². The van der Waals surface area contributed by atoms with Gasteiger partial charge in [0.2, 0.25) is 0 Å². The van der Waals surface area contributed by atoms with E-state index in [1.807, 2.05) is 24.3 Å². The summed E-state index contributed by atoms with van der Waals surface area (Å²) in [4.78, 5) is 0. The Morgan fingerprint density at radius 1 is 1.29 bits per heavy atom. The number of halogens is 1. The molecule has 0 radical (unpaired) electrons. The summed E-state index contributed by atoms with van der Waals surface area (Å²) < 4.78 is 11.4. The predicted octanol–water partition coefficient (Wildman–Crippen LogP) is 4.33. The topological polar surface area (TPSA) is 34.4 Å². The lowest BCUT2D eigenvalue weighted by Crippen LogP contribution is -2.16. The Bertz CT molecular complexity index is 605. The van der Waals surface area contributed by atoms with Gasteiger partial charge in [0, 0.05) is 16.6 Å². The quantitative estimate of drug-likeness (QED) is 0.827. The highest BCUT2D eigenvalue weighted by Crippen LogP contribution is 2.24. The molecule has 0 spiro atoms. The molecule has 1 aliphatic carbocycles. The lowest BCUT2D eigenvalue weighted by atomic mass is 10.1. The molecule has 3 rings (SSSR count). The van der Waals surface area contributed by atoms with Crippen LogP contribution in [-0.4, -0.2) is 6.04 Å². The molecule has 0 saturated heterocycles. The predicted molar refractivity (Wildman–Crippen MR) is 83.7 cm³/mol. The van der Waals surface area contributed by atoms with Crippen LogP contribution in [0.2, 0.25) is 5.02 Å². The number of hydrogen-bond acceptors (Lipinski definition) is 3. The Balaban J connectivity index is 1.60. The molecule has 1 saturated carbocycles. The molecule has 0 amide bonds. The lowest BCUT2D eigenvalue weighted by molar-refractivity contribution is 0.301. The van der Waals surface area contributed by atoms with Gasteiger partial charge in [0.05, 0.1) is 12.8 Å². The van der Waals surface area contributed by atoms with E-state index in [1.165, 1.54) is 12.8 Å². The molecule has 0 atom stereocenters. The number of rotatable bonds is 7. The van der Waals surface area contributed by atoms with Crippen molar-refractivity contribution in [3.05, 3.63) is 52.4 Å². The maximum Gasteiger partial charge on any atom is 0.124 e. The maximum atomic E-state index is 6.12. The maximum absolute atomic E-state index is 6.12. The molecular weight excluding hydrogens is 286 g/mol. The van der Waals surface area contributed by atoms with E-state index in [9.17, 15) is 0 Å². The van der Waals surface area contributed by atoms with Crippen LogP contribution in [0.3, 0.4) is 0 Å². The van der Waals surface area contributed by atoms with Gasteiger partial charge in [-0.05, 0) is 49.1 Å². The van der Waals surface area contributed by atoms with Gasteiger partial charge in [-0.3, -0.25) is 0 Å². The second-order valence-electron chi connectivity index (χ2n) is 5.42. The van der Waals surface area contributed by atoms with Gasteiger partial charge < -0.3 is 14.5 Å². The zero-order valence-electron chi connectivity index (χ0n) is 12.2. The zero-order chi connectivity index (χ0) is 14.7. The number of furan rings is 1. The van der Waals surface area contributed by atoms with Gasteiger partial charge in [-0.2, -0.15) is 0 Å². The average molecular weight is 306 g/mol. The summed E-state index contributed by atoms with van der Waals surface area (Å²) >= 11 is 6.12. The Hall–Kier alpha value is -1.45. The van der Waals surface area contributed by atoms with Crippen molar-refractivity contribution in [2.75, 3.05) is 0 Å². The Morgan fingerprint density at radius 2 is 2.14 bits per heavy atom. The molecule has 1 fully saturated rings. The first-order valence-electron chi connectivity index (χ1n) is 7.46. The third kappa shape index (κ3) is 3.80. The molecular formula is C17H20ClNO2. The Labute approximate surface area is 130 Å². The first-order valence-corrected chi connectivity index (χ1v) is 7.84. The third-order valence-corrected chi connectivity index (χ3v) is 4.13. The summed E-state index contributed by atoms with van der Waals surface area (Å²) in [5.41, 5.74) is 2.20. The van der Waals surface area contributed by atoms with Crippen molar-refractivity contribution in [3.63, 3.8) is 0 Å². The number of benzene rings is 1. The molecule has 0 aliphatic heterocycles. The van der Waals surface area contributed by atoms with Crippen LogP contribution in [0.1, 0.15) is 36.7 Å². The van der Waals surface area contributed by atoms with Gasteiger partial charge >= 0.3 is 0 Å². The first-order chi connectivity index (χ1) is 10.3. The Morgan fingerprint density at radius 3 is 2.90 bits per heavy atom. The molecule has 4 heteroatoms. The van der Waals surface area contributed by atoms with E-state index in [2.05, 4.69) is 12.2 Å². The monoisotopic (exact) mass is 305 g/mol. The minimum Gasteiger partial charge on any atom is -0.489 e. The van der Waals surface area contributed by atoms with E-state index in [4.69, 9.17) is 20.8 Å². The molecule has 3 nitrogen and oxygen atoms in total. The number of ether oxygens (including phenoxy) is 1. The minimum atomic E-state index is 0.517. The second-order valence-corrected chi connectivity index (χ2v) is 5.83. The van der Waals surface area contributed by atoms with Gasteiger partial charge in [-0.15, -0.1) is 0 Å². The summed E-state index contributed by atoms with van der Waals surface area (Å²) in [6.45, 7) is 3.38. The van der Waals surface area contributed by atoms with Crippen molar-refractivity contribution in [1.82, 2.24) is 5.32 Å². The number of nitrogens with one attached hydrogen (secondary N) is 1. The van der Waals surface area contributed by atoms with Gasteiger partial charge in [0.25, 0.3) is 0 Å². The van der Waals surface area contributed by atoms with E-state index in [-0.39, 0.29) is 0 Å². The lowest BCUT2D eigenvalue weighted by Gasteiger charge is -2.09. The average Bonchev–Trinajstić information content (AvgIpc) is 3.22. The van der Waals surface area contributed by atoms with Crippen LogP contribution in [0, 0.1) is 0 Å². The molecule has 1 heterocycles. The van der Waals surface area contributed by atoms with Crippen LogP contribution in [-0.2, 0) is 19.6 Å². The fourth-order valence-electron chi connectivity index (χ4n) is 2.25. The van der Waals surface area contributed by atoms with Crippen molar-refractivity contribution >= 4 is 11.6 Å². The second kappa shape index (κ2) is 6.54. The van der Waals surface area contributed by atoms with Gasteiger partial charge in [0.15, 0.2) is 0 Å². The molecule has 1 aromatic carbocycles. The number of aryl methyl sites for hydroxylation is 1. The molecule has 1 aromatic heterocycles. The molecule has 21 heavy (non-hydrogen) atoms. The minimum absolute atomic E-state index is 0.517. The van der Waals surface area contributed by atoms with Crippen molar-refractivity contribution in [2.45, 2.75) is 45.4 Å². The molecule has 1 aliphatic rings. The molecule has 1 N–H and O–H groups in total. The van der Waals surface area contributed by atoms with E-state index in [0.29, 0.717) is 12.6 Å². The van der Waals surface area contributed by atoms with Crippen LogP contribution >= 0.6 is 11.6 Å². The van der Waals surface area contributed by atoms with E-state index < -0.39 is 0 Å². The first kappa shape index (κ1) is 14.5. The van der Waals surface area contributed by atoms with Crippen LogP contribution in [0.4, 0.5) is 0 Å². The fraction of sp³-hybridized carbons (Fsp3) is 0.412. The standard InChI is InChI=1S/C17H20ClNO2/c1-2-12-9-15(5-6-16(12)18)21-11-13-7-8-20-17(13)10-19-14-3-4-14/h5-9,14,19H,2-4,10-11H2,1H3. The highest BCUT2D eigenvalue weighted by molar-refractivity contribution is 6.31. The number of hydrogen-bond donors (Lipinski definition) is 1. The normalized spacial score (nSPS) is 14.4. The molecule has 0 bridgehead atoms. The smallest absolute Gasteiger partial charge is 0.124 e. The summed E-state index contributed by atoms with van der Waals surface area (Å²) in [7, 11) is 0. The summed E-state index contributed by atoms with van der Waals surface area (Å²) in [5.74, 6) is 1.81. The van der Waals surface area contributed by atoms with Gasteiger partial charge in [-0.1, -0.05) is 18.5 Å². The SMILES string of the molecule is CCc1cc(OCc2ccoc2CNC2CC2)ccc1Cl. The summed E-state index contributed by atoms with van der Waals surface area (Å²) in [6.07, 6.45) is 5.18. The fourth-order valence-corrected chi connectivity index (χ4v) is 2.50.